The molecule has 0 aliphatic carbocycles. The molecule has 0 heterocycles. The molecule has 5 nitrogen and oxygen atoms in total. The van der Waals surface area contributed by atoms with Crippen LogP contribution in [0.15, 0.2) is 46.9 Å². The van der Waals surface area contributed by atoms with E-state index in [1.54, 1.807) is 20.0 Å². The molecule has 0 radical (unpaired) electrons. The number of hydrogen-bond donors (Lipinski definition) is 1. The number of benzene rings is 2. The quantitative estimate of drug-likeness (QED) is 0.592. The van der Waals surface area contributed by atoms with Crippen molar-refractivity contribution in [3.05, 3.63) is 63.1 Å². The number of hydrogen-bond acceptors (Lipinski definition) is 3. The van der Waals surface area contributed by atoms with Crippen LogP contribution in [0, 0.1) is 0 Å². The second kappa shape index (κ2) is 10.3. The van der Waals surface area contributed by atoms with E-state index in [1.807, 2.05) is 36.4 Å². The van der Waals surface area contributed by atoms with Gasteiger partial charge in [0.05, 0.1) is 4.47 Å². The normalized spacial score (nSPS) is 12.2. The van der Waals surface area contributed by atoms with E-state index < -0.39 is 6.04 Å². The second-order valence-electron chi connectivity index (χ2n) is 8.09. The predicted octanol–water partition coefficient (Wildman–Crippen LogP) is 4.94. The first kappa shape index (κ1) is 24.2. The predicted molar refractivity (Wildman–Crippen MR) is 124 cm³/mol. The van der Waals surface area contributed by atoms with E-state index >= 15 is 0 Å². The van der Waals surface area contributed by atoms with Crippen LogP contribution >= 0.6 is 27.5 Å². The molecule has 0 saturated heterocycles. The third-order valence-electron chi connectivity index (χ3n) is 4.86. The van der Waals surface area contributed by atoms with Gasteiger partial charge in [-0.15, -0.1) is 0 Å². The summed E-state index contributed by atoms with van der Waals surface area (Å²) in [4.78, 5) is 26.7. The van der Waals surface area contributed by atoms with Crippen molar-refractivity contribution in [3.8, 4) is 5.75 Å². The Bertz CT molecular complexity index is 912. The van der Waals surface area contributed by atoms with Gasteiger partial charge in [-0.25, -0.2) is 0 Å². The molecular formula is C23H28BrClN2O3. The van der Waals surface area contributed by atoms with Gasteiger partial charge >= 0.3 is 0 Å². The lowest BCUT2D eigenvalue weighted by molar-refractivity contribution is -0.142. The molecule has 0 unspecified atom stereocenters. The molecular weight excluding hydrogens is 468 g/mol. The Morgan fingerprint density at radius 1 is 1.20 bits per heavy atom. The summed E-state index contributed by atoms with van der Waals surface area (Å²) in [7, 11) is 1.54. The molecule has 2 rings (SSSR count). The van der Waals surface area contributed by atoms with Crippen LogP contribution in [0.4, 0.5) is 0 Å². The Balaban J connectivity index is 2.18. The molecule has 0 bridgehead atoms. The summed E-state index contributed by atoms with van der Waals surface area (Å²) >= 11 is 9.78. The minimum absolute atomic E-state index is 0.00552. The van der Waals surface area contributed by atoms with Crippen LogP contribution in [-0.2, 0) is 21.5 Å². The topological polar surface area (TPSA) is 58.6 Å². The molecule has 162 valence electrons. The number of ether oxygens (including phenoxy) is 1. The maximum Gasteiger partial charge on any atom is 0.261 e. The van der Waals surface area contributed by atoms with Crippen molar-refractivity contribution in [2.24, 2.45) is 0 Å². The van der Waals surface area contributed by atoms with Gasteiger partial charge in [0.15, 0.2) is 6.61 Å². The van der Waals surface area contributed by atoms with Gasteiger partial charge in [-0.1, -0.05) is 56.6 Å². The van der Waals surface area contributed by atoms with Crippen LogP contribution < -0.4 is 10.1 Å². The second-order valence-corrected chi connectivity index (χ2v) is 9.35. The fraction of sp³-hybridized carbons (Fsp3) is 0.391. The van der Waals surface area contributed by atoms with Crippen molar-refractivity contribution < 1.29 is 14.3 Å². The first-order chi connectivity index (χ1) is 14.0. The van der Waals surface area contributed by atoms with Gasteiger partial charge in [0.1, 0.15) is 11.8 Å². The average Bonchev–Trinajstić information content (AvgIpc) is 2.70. The van der Waals surface area contributed by atoms with E-state index in [9.17, 15) is 9.59 Å². The van der Waals surface area contributed by atoms with Crippen LogP contribution in [0.2, 0.25) is 5.02 Å². The molecule has 0 fully saturated rings. The SMILES string of the molecule is CNC(=O)[C@@H](C)N(Cc1ccccc1Cl)C(=O)COc1ccc(C(C)(C)C)cc1Br. The number of rotatable bonds is 7. The summed E-state index contributed by atoms with van der Waals surface area (Å²) in [6.07, 6.45) is 0. The van der Waals surface area contributed by atoms with Gasteiger partial charge in [0.2, 0.25) is 5.91 Å². The number of carbonyl (C=O) groups is 2. The third-order valence-corrected chi connectivity index (χ3v) is 5.85. The molecule has 2 aromatic carbocycles. The molecule has 2 amide bonds. The molecule has 1 atom stereocenters. The maximum atomic E-state index is 13.0. The summed E-state index contributed by atoms with van der Waals surface area (Å²) in [5.41, 5.74) is 1.92. The van der Waals surface area contributed by atoms with E-state index in [-0.39, 0.29) is 30.4 Å². The zero-order valence-corrected chi connectivity index (χ0v) is 20.3. The molecule has 0 aliphatic heterocycles. The molecule has 0 spiro atoms. The fourth-order valence-electron chi connectivity index (χ4n) is 2.91. The van der Waals surface area contributed by atoms with Crippen LogP contribution in [0.25, 0.3) is 0 Å². The Labute approximate surface area is 191 Å². The number of carbonyl (C=O) groups excluding carboxylic acids is 2. The molecule has 1 N–H and O–H groups in total. The lowest BCUT2D eigenvalue weighted by Crippen LogP contribution is -2.48. The van der Waals surface area contributed by atoms with Crippen LogP contribution in [-0.4, -0.2) is 36.4 Å². The monoisotopic (exact) mass is 494 g/mol. The Morgan fingerprint density at radius 3 is 2.43 bits per heavy atom. The molecule has 7 heteroatoms. The minimum Gasteiger partial charge on any atom is -0.483 e. The largest absolute Gasteiger partial charge is 0.483 e. The van der Waals surface area contributed by atoms with E-state index in [4.69, 9.17) is 16.3 Å². The van der Waals surface area contributed by atoms with Gasteiger partial charge in [-0.05, 0) is 57.6 Å². The average molecular weight is 496 g/mol. The Kier molecular flexibility index (Phi) is 8.33. The maximum absolute atomic E-state index is 13.0. The first-order valence-electron chi connectivity index (χ1n) is 9.72. The van der Waals surface area contributed by atoms with E-state index in [0.717, 1.165) is 15.6 Å². The minimum atomic E-state index is -0.672. The van der Waals surface area contributed by atoms with Crippen LogP contribution in [0.5, 0.6) is 5.75 Å². The molecule has 30 heavy (non-hydrogen) atoms. The van der Waals surface area contributed by atoms with Gasteiger partial charge in [-0.3, -0.25) is 9.59 Å². The summed E-state index contributed by atoms with van der Waals surface area (Å²) in [6, 6.07) is 12.4. The highest BCUT2D eigenvalue weighted by Gasteiger charge is 2.26. The van der Waals surface area contributed by atoms with Crippen LogP contribution in [0.3, 0.4) is 0 Å². The fourth-order valence-corrected chi connectivity index (χ4v) is 3.60. The van der Waals surface area contributed by atoms with Crippen molar-refractivity contribution in [1.82, 2.24) is 10.2 Å². The highest BCUT2D eigenvalue weighted by atomic mass is 79.9. The smallest absolute Gasteiger partial charge is 0.261 e. The number of halogens is 2. The first-order valence-corrected chi connectivity index (χ1v) is 10.9. The van der Waals surface area contributed by atoms with Gasteiger partial charge in [0, 0.05) is 18.6 Å². The van der Waals surface area contributed by atoms with Gasteiger partial charge in [0.25, 0.3) is 5.91 Å². The summed E-state index contributed by atoms with van der Waals surface area (Å²) in [5.74, 6) is 0.00516. The van der Waals surface area contributed by atoms with Crippen molar-refractivity contribution in [2.45, 2.75) is 45.7 Å². The van der Waals surface area contributed by atoms with E-state index in [2.05, 4.69) is 42.0 Å². The number of nitrogens with zero attached hydrogens (tertiary/aromatic N) is 1. The zero-order chi connectivity index (χ0) is 22.5. The summed E-state index contributed by atoms with van der Waals surface area (Å²) in [6.45, 7) is 8.09. The molecule has 0 aliphatic rings. The zero-order valence-electron chi connectivity index (χ0n) is 18.0. The van der Waals surface area contributed by atoms with Gasteiger partial charge < -0.3 is 15.0 Å². The number of amides is 2. The summed E-state index contributed by atoms with van der Waals surface area (Å²) < 4.78 is 6.55. The van der Waals surface area contributed by atoms with E-state index in [1.165, 1.54) is 4.90 Å². The molecule has 2 aromatic rings. The third kappa shape index (κ3) is 6.22. The number of nitrogens with one attached hydrogen (secondary N) is 1. The highest BCUT2D eigenvalue weighted by Crippen LogP contribution is 2.31. The van der Waals surface area contributed by atoms with Crippen molar-refractivity contribution >= 4 is 39.3 Å². The molecule has 0 saturated carbocycles. The highest BCUT2D eigenvalue weighted by molar-refractivity contribution is 9.10. The van der Waals surface area contributed by atoms with Crippen molar-refractivity contribution in [2.75, 3.05) is 13.7 Å². The van der Waals surface area contributed by atoms with Crippen LogP contribution in [0.1, 0.15) is 38.8 Å². The molecule has 0 aromatic heterocycles. The van der Waals surface area contributed by atoms with E-state index in [0.29, 0.717) is 10.8 Å². The lowest BCUT2D eigenvalue weighted by atomic mass is 9.87. The van der Waals surface area contributed by atoms with Crippen molar-refractivity contribution in [3.63, 3.8) is 0 Å². The number of likely N-dealkylation sites (N-methyl/N-ethyl adjacent to an activating group) is 1. The summed E-state index contributed by atoms with van der Waals surface area (Å²) in [5, 5.41) is 3.13. The standard InChI is InChI=1S/C23H28BrClN2O3/c1-15(22(29)26-5)27(13-16-8-6-7-9-19(16)25)21(28)14-30-20-11-10-17(12-18(20)24)23(2,3)4/h6-12,15H,13-14H2,1-5H3,(H,26,29)/t15-/m1/s1. The van der Waals surface area contributed by atoms with Crippen molar-refractivity contribution in [1.29, 1.82) is 0 Å². The Hall–Kier alpha value is -2.05. The lowest BCUT2D eigenvalue weighted by Gasteiger charge is -2.28. The van der Waals surface area contributed by atoms with Gasteiger partial charge in [-0.2, -0.15) is 0 Å². The Morgan fingerprint density at radius 2 is 1.87 bits per heavy atom.